The molecule has 1 unspecified atom stereocenters. The van der Waals surface area contributed by atoms with Gasteiger partial charge < -0.3 is 0 Å². The van der Waals surface area contributed by atoms with Crippen molar-refractivity contribution in [3.05, 3.63) is 65.7 Å². The van der Waals surface area contributed by atoms with E-state index in [1.807, 2.05) is 0 Å². The zero-order valence-corrected chi connectivity index (χ0v) is 18.9. The van der Waals surface area contributed by atoms with Crippen molar-refractivity contribution in [2.24, 2.45) is 11.8 Å². The van der Waals surface area contributed by atoms with E-state index in [4.69, 9.17) is 0 Å². The lowest BCUT2D eigenvalue weighted by atomic mass is 9.82. The topological polar surface area (TPSA) is 0 Å². The van der Waals surface area contributed by atoms with Crippen LogP contribution in [0.1, 0.15) is 89.7 Å². The Labute approximate surface area is 179 Å². The molecule has 29 heavy (non-hydrogen) atoms. The molecular formula is C29H40. The minimum Gasteiger partial charge on any atom is -0.0804 e. The van der Waals surface area contributed by atoms with E-state index in [9.17, 15) is 0 Å². The van der Waals surface area contributed by atoms with Gasteiger partial charge in [-0.05, 0) is 78.2 Å². The van der Waals surface area contributed by atoms with Gasteiger partial charge in [-0.2, -0.15) is 0 Å². The number of aryl methyl sites for hydroxylation is 1. The summed E-state index contributed by atoms with van der Waals surface area (Å²) in [6.45, 7) is 6.95. The van der Waals surface area contributed by atoms with Crippen molar-refractivity contribution in [2.75, 3.05) is 0 Å². The van der Waals surface area contributed by atoms with Crippen LogP contribution in [0.4, 0.5) is 0 Å². The normalized spacial score (nSPS) is 16.8. The van der Waals surface area contributed by atoms with Crippen LogP contribution in [-0.4, -0.2) is 0 Å². The molecule has 1 aliphatic carbocycles. The van der Waals surface area contributed by atoms with Gasteiger partial charge in [0.05, 0.1) is 0 Å². The molecule has 0 N–H and O–H groups in total. The third-order valence-electron chi connectivity index (χ3n) is 7.02. The second-order valence-electron chi connectivity index (χ2n) is 9.01. The van der Waals surface area contributed by atoms with Gasteiger partial charge in [-0.25, -0.2) is 0 Å². The summed E-state index contributed by atoms with van der Waals surface area (Å²) < 4.78 is 0. The molecule has 0 saturated heterocycles. The Balaban J connectivity index is 1.56. The molecule has 0 spiro atoms. The van der Waals surface area contributed by atoms with E-state index < -0.39 is 0 Å². The molecule has 0 heterocycles. The molecule has 0 aromatic heterocycles. The standard InChI is InChI=1S/C29H40/c1-4-7-8-24-11-15-26(16-12-24)28-19-21-29(22-20-28)27-17-13-25(14-18-27)10-9-23(5-2)6-3/h11-12,15-17,19-23,25H,4-10,13-14,18H2,1-3H3. The van der Waals surface area contributed by atoms with Crippen molar-refractivity contribution in [2.45, 2.75) is 85.0 Å². The first-order valence-electron chi connectivity index (χ1n) is 12.1. The summed E-state index contributed by atoms with van der Waals surface area (Å²) in [7, 11) is 0. The predicted molar refractivity (Wildman–Crippen MR) is 129 cm³/mol. The average Bonchev–Trinajstić information content (AvgIpc) is 2.79. The minimum absolute atomic E-state index is 0.907. The fourth-order valence-electron chi connectivity index (χ4n) is 4.70. The van der Waals surface area contributed by atoms with Crippen LogP contribution in [0, 0.1) is 11.8 Å². The summed E-state index contributed by atoms with van der Waals surface area (Å²) in [6.07, 6.45) is 15.7. The summed E-state index contributed by atoms with van der Waals surface area (Å²) >= 11 is 0. The van der Waals surface area contributed by atoms with E-state index in [0.717, 1.165) is 11.8 Å². The summed E-state index contributed by atoms with van der Waals surface area (Å²) in [6, 6.07) is 18.4. The number of hydrogen-bond acceptors (Lipinski definition) is 0. The van der Waals surface area contributed by atoms with E-state index >= 15 is 0 Å². The van der Waals surface area contributed by atoms with Gasteiger partial charge >= 0.3 is 0 Å². The van der Waals surface area contributed by atoms with Crippen LogP contribution in [0.2, 0.25) is 0 Å². The van der Waals surface area contributed by atoms with E-state index in [1.54, 1.807) is 5.57 Å². The largest absolute Gasteiger partial charge is 0.0804 e. The van der Waals surface area contributed by atoms with E-state index in [1.165, 1.54) is 86.5 Å². The van der Waals surface area contributed by atoms with Crippen LogP contribution in [0.15, 0.2) is 54.6 Å². The average molecular weight is 389 g/mol. The summed E-state index contributed by atoms with van der Waals surface area (Å²) in [4.78, 5) is 0. The molecular weight excluding hydrogens is 348 g/mol. The first kappa shape index (κ1) is 21.9. The summed E-state index contributed by atoms with van der Waals surface area (Å²) in [5.41, 5.74) is 7.10. The summed E-state index contributed by atoms with van der Waals surface area (Å²) in [5.74, 6) is 1.85. The second kappa shape index (κ2) is 11.4. The lowest BCUT2D eigenvalue weighted by molar-refractivity contribution is 0.361. The van der Waals surface area contributed by atoms with E-state index in [0.29, 0.717) is 0 Å². The molecule has 0 radical (unpaired) electrons. The molecule has 0 fully saturated rings. The number of allylic oxidation sites excluding steroid dienone is 2. The van der Waals surface area contributed by atoms with Crippen molar-refractivity contribution < 1.29 is 0 Å². The molecule has 2 aromatic carbocycles. The lowest BCUT2D eigenvalue weighted by Gasteiger charge is -2.24. The molecule has 0 heteroatoms. The molecule has 2 aromatic rings. The van der Waals surface area contributed by atoms with Crippen molar-refractivity contribution in [1.82, 2.24) is 0 Å². The van der Waals surface area contributed by atoms with Gasteiger partial charge in [-0.3, -0.25) is 0 Å². The molecule has 0 aliphatic heterocycles. The fourth-order valence-corrected chi connectivity index (χ4v) is 4.70. The van der Waals surface area contributed by atoms with Gasteiger partial charge in [-0.1, -0.05) is 101 Å². The number of rotatable bonds is 10. The quantitative estimate of drug-likeness (QED) is 0.380. The zero-order valence-electron chi connectivity index (χ0n) is 18.9. The molecule has 0 bridgehead atoms. The minimum atomic E-state index is 0.907. The zero-order chi connectivity index (χ0) is 20.5. The Morgan fingerprint density at radius 2 is 1.45 bits per heavy atom. The van der Waals surface area contributed by atoms with Crippen LogP contribution in [0.5, 0.6) is 0 Å². The van der Waals surface area contributed by atoms with E-state index in [-0.39, 0.29) is 0 Å². The smallest absolute Gasteiger partial charge is 0.0184 e. The highest BCUT2D eigenvalue weighted by Crippen LogP contribution is 2.34. The maximum Gasteiger partial charge on any atom is -0.0184 e. The van der Waals surface area contributed by atoms with Crippen LogP contribution < -0.4 is 0 Å². The maximum absolute atomic E-state index is 2.53. The highest BCUT2D eigenvalue weighted by molar-refractivity contribution is 5.71. The summed E-state index contributed by atoms with van der Waals surface area (Å²) in [5, 5.41) is 0. The monoisotopic (exact) mass is 388 g/mol. The van der Waals surface area contributed by atoms with Gasteiger partial charge in [0, 0.05) is 0 Å². The number of benzene rings is 2. The Kier molecular flexibility index (Phi) is 8.59. The van der Waals surface area contributed by atoms with Gasteiger partial charge in [-0.15, -0.1) is 0 Å². The Morgan fingerprint density at radius 3 is 2.00 bits per heavy atom. The molecule has 3 rings (SSSR count). The Hall–Kier alpha value is -1.82. The van der Waals surface area contributed by atoms with Crippen LogP contribution in [-0.2, 0) is 6.42 Å². The molecule has 1 aliphatic rings. The second-order valence-corrected chi connectivity index (χ2v) is 9.01. The Morgan fingerprint density at radius 1 is 0.828 bits per heavy atom. The number of hydrogen-bond donors (Lipinski definition) is 0. The first-order chi connectivity index (χ1) is 14.2. The maximum atomic E-state index is 2.53. The molecule has 1 atom stereocenters. The van der Waals surface area contributed by atoms with Crippen molar-refractivity contribution in [3.8, 4) is 11.1 Å². The van der Waals surface area contributed by atoms with Crippen molar-refractivity contribution in [1.29, 1.82) is 0 Å². The molecule has 156 valence electrons. The Bertz CT molecular complexity index is 744. The van der Waals surface area contributed by atoms with Crippen LogP contribution in [0.25, 0.3) is 16.7 Å². The SMILES string of the molecule is CCCCc1ccc(-c2ccc(C3=CCC(CCC(CC)CC)CC3)cc2)cc1. The van der Waals surface area contributed by atoms with Gasteiger partial charge in [0.1, 0.15) is 0 Å². The van der Waals surface area contributed by atoms with Crippen molar-refractivity contribution >= 4 is 5.57 Å². The third kappa shape index (κ3) is 6.33. The highest BCUT2D eigenvalue weighted by Gasteiger charge is 2.17. The van der Waals surface area contributed by atoms with Crippen LogP contribution >= 0.6 is 0 Å². The number of unbranched alkanes of at least 4 members (excludes halogenated alkanes) is 1. The first-order valence-corrected chi connectivity index (χ1v) is 12.1. The molecule has 0 saturated carbocycles. The van der Waals surface area contributed by atoms with E-state index in [2.05, 4.69) is 75.4 Å². The van der Waals surface area contributed by atoms with Gasteiger partial charge in [0.25, 0.3) is 0 Å². The third-order valence-corrected chi connectivity index (χ3v) is 7.02. The van der Waals surface area contributed by atoms with Crippen LogP contribution in [0.3, 0.4) is 0 Å². The lowest BCUT2D eigenvalue weighted by Crippen LogP contribution is -2.08. The highest BCUT2D eigenvalue weighted by atomic mass is 14.2. The fraction of sp³-hybridized carbons (Fsp3) is 0.517. The molecule has 0 amide bonds. The predicted octanol–water partition coefficient (Wildman–Crippen LogP) is 9.10. The van der Waals surface area contributed by atoms with Gasteiger partial charge in [0.15, 0.2) is 0 Å². The molecule has 0 nitrogen and oxygen atoms in total. The van der Waals surface area contributed by atoms with Gasteiger partial charge in [0.2, 0.25) is 0 Å². The van der Waals surface area contributed by atoms with Crippen molar-refractivity contribution in [3.63, 3.8) is 0 Å².